The molecule has 1 saturated heterocycles. The number of likely N-dealkylation sites (tertiary alicyclic amines) is 1. The quantitative estimate of drug-likeness (QED) is 0.880. The highest BCUT2D eigenvalue weighted by Crippen LogP contribution is 2.37. The highest BCUT2D eigenvalue weighted by molar-refractivity contribution is 5.73. The lowest BCUT2D eigenvalue weighted by Gasteiger charge is -2.31. The summed E-state index contributed by atoms with van der Waals surface area (Å²) in [6.07, 6.45) is 6.76. The number of methoxy groups -OCH3 is 1. The zero-order valence-electron chi connectivity index (χ0n) is 16.7. The van der Waals surface area contributed by atoms with Crippen LogP contribution in [0.25, 0.3) is 11.3 Å². The SMILES string of the molecule is COc1cc(C#N)ccc1-c1nnc(NC2CCCN(C)C2)c2c1CCCC2. The summed E-state index contributed by atoms with van der Waals surface area (Å²) in [6, 6.07) is 8.12. The highest BCUT2D eigenvalue weighted by Gasteiger charge is 2.25. The maximum Gasteiger partial charge on any atom is 0.152 e. The second-order valence-electron chi connectivity index (χ2n) is 7.83. The van der Waals surface area contributed by atoms with Crippen molar-refractivity contribution in [1.82, 2.24) is 15.1 Å². The molecule has 0 spiro atoms. The Hall–Kier alpha value is -2.65. The predicted molar refractivity (Wildman–Crippen MR) is 110 cm³/mol. The lowest BCUT2D eigenvalue weighted by atomic mass is 9.88. The number of likely N-dealkylation sites (N-methyl/N-ethyl adjacent to an activating group) is 1. The molecule has 2 aliphatic rings. The van der Waals surface area contributed by atoms with E-state index in [1.807, 2.05) is 12.1 Å². The molecule has 1 aromatic heterocycles. The number of nitrogens with zero attached hydrogens (tertiary/aromatic N) is 4. The molecule has 1 aliphatic heterocycles. The van der Waals surface area contributed by atoms with Gasteiger partial charge in [0.1, 0.15) is 11.4 Å². The number of rotatable bonds is 4. The van der Waals surface area contributed by atoms with Crippen LogP contribution in [0.5, 0.6) is 5.75 Å². The molecule has 1 N–H and O–H groups in total. The van der Waals surface area contributed by atoms with Gasteiger partial charge in [-0.25, -0.2) is 0 Å². The average Bonchev–Trinajstić information content (AvgIpc) is 2.74. The zero-order valence-corrected chi connectivity index (χ0v) is 16.7. The maximum atomic E-state index is 9.18. The van der Waals surface area contributed by atoms with Gasteiger partial charge in [-0.2, -0.15) is 5.26 Å². The summed E-state index contributed by atoms with van der Waals surface area (Å²) in [7, 11) is 3.81. The van der Waals surface area contributed by atoms with Gasteiger partial charge in [-0.3, -0.25) is 0 Å². The molecule has 1 aliphatic carbocycles. The van der Waals surface area contributed by atoms with Gasteiger partial charge in [0, 0.05) is 23.7 Å². The van der Waals surface area contributed by atoms with Crippen LogP contribution >= 0.6 is 0 Å². The first-order valence-corrected chi connectivity index (χ1v) is 10.1. The molecule has 4 rings (SSSR count). The molecule has 1 unspecified atom stereocenters. The van der Waals surface area contributed by atoms with E-state index in [-0.39, 0.29) is 0 Å². The molecule has 2 aromatic rings. The number of hydrogen-bond acceptors (Lipinski definition) is 6. The van der Waals surface area contributed by atoms with E-state index in [9.17, 15) is 5.26 Å². The Morgan fingerprint density at radius 2 is 2.00 bits per heavy atom. The fraction of sp³-hybridized carbons (Fsp3) is 0.500. The first-order valence-electron chi connectivity index (χ1n) is 10.1. The molecule has 146 valence electrons. The lowest BCUT2D eigenvalue weighted by molar-refractivity contribution is 0.260. The minimum Gasteiger partial charge on any atom is -0.496 e. The second-order valence-corrected chi connectivity index (χ2v) is 7.83. The third-order valence-corrected chi connectivity index (χ3v) is 5.84. The lowest BCUT2D eigenvalue weighted by Crippen LogP contribution is -2.40. The van der Waals surface area contributed by atoms with Crippen LogP contribution in [0.3, 0.4) is 0 Å². The predicted octanol–water partition coefficient (Wildman–Crippen LogP) is 3.41. The second kappa shape index (κ2) is 8.15. The Morgan fingerprint density at radius 1 is 1.18 bits per heavy atom. The maximum absolute atomic E-state index is 9.18. The molecule has 1 aromatic carbocycles. The third-order valence-electron chi connectivity index (χ3n) is 5.84. The monoisotopic (exact) mass is 377 g/mol. The fourth-order valence-electron chi connectivity index (χ4n) is 4.42. The summed E-state index contributed by atoms with van der Waals surface area (Å²) in [5, 5.41) is 22.1. The van der Waals surface area contributed by atoms with Gasteiger partial charge in [0.15, 0.2) is 5.82 Å². The van der Waals surface area contributed by atoms with Crippen molar-refractivity contribution in [1.29, 1.82) is 5.26 Å². The number of ether oxygens (including phenoxy) is 1. The number of piperidine rings is 1. The van der Waals surface area contributed by atoms with Crippen LogP contribution in [0.15, 0.2) is 18.2 Å². The van der Waals surface area contributed by atoms with Crippen molar-refractivity contribution in [2.75, 3.05) is 32.6 Å². The minimum absolute atomic E-state index is 0.425. The van der Waals surface area contributed by atoms with E-state index < -0.39 is 0 Å². The van der Waals surface area contributed by atoms with Gasteiger partial charge in [0.25, 0.3) is 0 Å². The largest absolute Gasteiger partial charge is 0.496 e. The molecule has 28 heavy (non-hydrogen) atoms. The Kier molecular flexibility index (Phi) is 5.45. The number of anilines is 1. The minimum atomic E-state index is 0.425. The summed E-state index contributed by atoms with van der Waals surface area (Å²) in [6.45, 7) is 2.21. The van der Waals surface area contributed by atoms with Crippen LogP contribution in [0, 0.1) is 11.3 Å². The third kappa shape index (κ3) is 3.67. The van der Waals surface area contributed by atoms with Gasteiger partial charge in [-0.15, -0.1) is 10.2 Å². The molecule has 1 fully saturated rings. The summed E-state index contributed by atoms with van der Waals surface area (Å²) in [5.41, 5.74) is 4.97. The van der Waals surface area contributed by atoms with Gasteiger partial charge in [-0.05, 0) is 75.9 Å². The summed E-state index contributed by atoms with van der Waals surface area (Å²) in [5.74, 6) is 1.63. The molecule has 6 heteroatoms. The molecular weight excluding hydrogens is 350 g/mol. The molecule has 0 saturated carbocycles. The number of hydrogen-bond donors (Lipinski definition) is 1. The Labute approximate surface area is 166 Å². The van der Waals surface area contributed by atoms with Gasteiger partial charge < -0.3 is 15.0 Å². The number of nitriles is 1. The summed E-state index contributed by atoms with van der Waals surface area (Å²) < 4.78 is 5.56. The van der Waals surface area contributed by atoms with Crippen molar-refractivity contribution in [2.45, 2.75) is 44.6 Å². The van der Waals surface area contributed by atoms with Gasteiger partial charge in [0.05, 0.1) is 18.7 Å². The van der Waals surface area contributed by atoms with Gasteiger partial charge >= 0.3 is 0 Å². The van der Waals surface area contributed by atoms with E-state index in [1.54, 1.807) is 13.2 Å². The number of fused-ring (bicyclic) bond motifs is 1. The van der Waals surface area contributed by atoms with E-state index in [2.05, 4.69) is 33.5 Å². The van der Waals surface area contributed by atoms with E-state index in [0.29, 0.717) is 17.4 Å². The molecular formula is C22H27N5O. The number of nitrogens with one attached hydrogen (secondary N) is 1. The number of benzene rings is 1. The molecule has 0 amide bonds. The Balaban J connectivity index is 1.72. The first-order chi connectivity index (χ1) is 13.7. The van der Waals surface area contributed by atoms with Crippen LogP contribution < -0.4 is 10.1 Å². The zero-order chi connectivity index (χ0) is 19.5. The topological polar surface area (TPSA) is 74.1 Å². The van der Waals surface area contributed by atoms with Crippen LogP contribution in [-0.4, -0.2) is 48.4 Å². The van der Waals surface area contributed by atoms with Crippen molar-refractivity contribution in [3.8, 4) is 23.1 Å². The van der Waals surface area contributed by atoms with E-state index >= 15 is 0 Å². The molecule has 1 atom stereocenters. The van der Waals surface area contributed by atoms with E-state index in [0.717, 1.165) is 42.9 Å². The van der Waals surface area contributed by atoms with Crippen LogP contribution in [0.4, 0.5) is 5.82 Å². The van der Waals surface area contributed by atoms with Crippen molar-refractivity contribution in [3.05, 3.63) is 34.9 Å². The molecule has 6 nitrogen and oxygen atoms in total. The molecule has 0 radical (unpaired) electrons. The van der Waals surface area contributed by atoms with Crippen LogP contribution in [-0.2, 0) is 12.8 Å². The molecule has 0 bridgehead atoms. The van der Waals surface area contributed by atoms with Crippen molar-refractivity contribution < 1.29 is 4.74 Å². The smallest absolute Gasteiger partial charge is 0.152 e. The summed E-state index contributed by atoms with van der Waals surface area (Å²) >= 11 is 0. The average molecular weight is 377 g/mol. The van der Waals surface area contributed by atoms with Crippen molar-refractivity contribution >= 4 is 5.82 Å². The van der Waals surface area contributed by atoms with Crippen molar-refractivity contribution in [2.24, 2.45) is 0 Å². The van der Waals surface area contributed by atoms with E-state index in [4.69, 9.17) is 4.74 Å². The first kappa shape index (κ1) is 18.7. The standard InChI is InChI=1S/C22H27N5O/c1-27-11-5-6-16(14-27)24-22-18-8-4-3-7-17(18)21(25-26-22)19-10-9-15(13-23)12-20(19)28-2/h9-10,12,16H,3-8,11,14H2,1-2H3,(H,24,26). The van der Waals surface area contributed by atoms with Crippen LogP contribution in [0.1, 0.15) is 42.4 Å². The van der Waals surface area contributed by atoms with Crippen LogP contribution in [0.2, 0.25) is 0 Å². The normalized spacial score (nSPS) is 19.5. The van der Waals surface area contributed by atoms with Crippen molar-refractivity contribution in [3.63, 3.8) is 0 Å². The summed E-state index contributed by atoms with van der Waals surface area (Å²) in [4.78, 5) is 2.37. The van der Waals surface area contributed by atoms with E-state index in [1.165, 1.54) is 36.9 Å². The fourth-order valence-corrected chi connectivity index (χ4v) is 4.42. The Morgan fingerprint density at radius 3 is 2.75 bits per heavy atom. The van der Waals surface area contributed by atoms with Gasteiger partial charge in [0.2, 0.25) is 0 Å². The Bertz CT molecular complexity index is 905. The van der Waals surface area contributed by atoms with Gasteiger partial charge in [-0.1, -0.05) is 0 Å². The highest BCUT2D eigenvalue weighted by atomic mass is 16.5. The molecule has 2 heterocycles. The number of aromatic nitrogens is 2.